The first-order valence-corrected chi connectivity index (χ1v) is 9.78. The molecule has 0 atom stereocenters. The van der Waals surface area contributed by atoms with Gasteiger partial charge in [0, 0.05) is 29.7 Å². The Morgan fingerprint density at radius 2 is 0.871 bits per heavy atom. The van der Waals surface area contributed by atoms with Crippen LogP contribution in [0, 0.1) is 5.41 Å². The molecular weight excluding hydrogens is 404 g/mol. The molecule has 0 saturated carbocycles. The van der Waals surface area contributed by atoms with Crippen LogP contribution in [0.1, 0.15) is 39.5 Å². The zero-order valence-corrected chi connectivity index (χ0v) is 18.6. The van der Waals surface area contributed by atoms with E-state index in [4.69, 9.17) is 18.9 Å². The predicted molar refractivity (Wildman–Crippen MR) is 117 cm³/mol. The van der Waals surface area contributed by atoms with Crippen LogP contribution in [0.3, 0.4) is 0 Å². The van der Waals surface area contributed by atoms with Gasteiger partial charge in [0.05, 0.1) is 26.4 Å². The van der Waals surface area contributed by atoms with Gasteiger partial charge in [0.25, 0.3) is 0 Å². The summed E-state index contributed by atoms with van der Waals surface area (Å²) in [6, 6.07) is 0. The van der Waals surface area contributed by atoms with E-state index >= 15 is 0 Å². The van der Waals surface area contributed by atoms with E-state index in [1.165, 1.54) is 0 Å². The van der Waals surface area contributed by atoms with Gasteiger partial charge in [0.15, 0.2) is 0 Å². The zero-order chi connectivity index (χ0) is 24.1. The maximum atomic E-state index is 10.8. The van der Waals surface area contributed by atoms with E-state index in [1.807, 2.05) is 13.8 Å². The van der Waals surface area contributed by atoms with Crippen molar-refractivity contribution in [2.24, 2.45) is 5.41 Å². The molecule has 8 heteroatoms. The second-order valence-electron chi connectivity index (χ2n) is 6.95. The van der Waals surface area contributed by atoms with Crippen LogP contribution < -0.4 is 0 Å². The quantitative estimate of drug-likeness (QED) is 0.166. The fourth-order valence-electron chi connectivity index (χ4n) is 1.71. The molecule has 0 spiro atoms. The molecule has 0 rings (SSSR count). The maximum Gasteiger partial charge on any atom is 0.330 e. The molecule has 0 heterocycles. The van der Waals surface area contributed by atoms with E-state index in [-0.39, 0.29) is 25.2 Å². The maximum absolute atomic E-state index is 10.8. The lowest BCUT2D eigenvalue weighted by molar-refractivity contribution is -0.146. The van der Waals surface area contributed by atoms with E-state index in [0.29, 0.717) is 13.2 Å². The van der Waals surface area contributed by atoms with Crippen molar-refractivity contribution in [2.75, 3.05) is 26.4 Å². The second kappa shape index (κ2) is 18.8. The van der Waals surface area contributed by atoms with Gasteiger partial charge in [0.2, 0.25) is 0 Å². The van der Waals surface area contributed by atoms with Crippen molar-refractivity contribution >= 4 is 23.9 Å². The second-order valence-corrected chi connectivity index (χ2v) is 6.95. The highest BCUT2D eigenvalue weighted by atomic mass is 16.5. The van der Waals surface area contributed by atoms with Crippen molar-refractivity contribution < 1.29 is 38.1 Å². The summed E-state index contributed by atoms with van der Waals surface area (Å²) in [6.45, 7) is 17.9. The Hall–Kier alpha value is -3.16. The Morgan fingerprint density at radius 3 is 1.16 bits per heavy atom. The lowest BCUT2D eigenvalue weighted by Crippen LogP contribution is -2.27. The summed E-state index contributed by atoms with van der Waals surface area (Å²) in [5, 5.41) is 0. The van der Waals surface area contributed by atoms with E-state index in [0.717, 1.165) is 50.0 Å². The van der Waals surface area contributed by atoms with Crippen LogP contribution in [0.15, 0.2) is 50.6 Å². The summed E-state index contributed by atoms with van der Waals surface area (Å²) in [5.74, 6) is -1.75. The van der Waals surface area contributed by atoms with Gasteiger partial charge in [-0.25, -0.2) is 19.2 Å². The molecule has 0 aliphatic carbocycles. The molecule has 0 N–H and O–H groups in total. The fourth-order valence-corrected chi connectivity index (χ4v) is 1.71. The topological polar surface area (TPSA) is 105 Å². The van der Waals surface area contributed by atoms with Gasteiger partial charge < -0.3 is 18.9 Å². The van der Waals surface area contributed by atoms with Gasteiger partial charge in [-0.15, -0.1) is 0 Å². The molecule has 0 aliphatic rings. The van der Waals surface area contributed by atoms with Crippen molar-refractivity contribution in [3.63, 3.8) is 0 Å². The molecule has 0 bridgehead atoms. The highest BCUT2D eigenvalue weighted by Gasteiger charge is 2.21. The largest absolute Gasteiger partial charge is 0.463 e. The first-order chi connectivity index (χ1) is 14.6. The normalized spacial score (nSPS) is 9.74. The van der Waals surface area contributed by atoms with Gasteiger partial charge in [-0.3, -0.25) is 0 Å². The minimum Gasteiger partial charge on any atom is -0.463 e. The third-order valence-corrected chi connectivity index (χ3v) is 3.40. The average Bonchev–Trinajstić information content (AvgIpc) is 2.77. The summed E-state index contributed by atoms with van der Waals surface area (Å²) in [6.07, 6.45) is 7.98. The number of carbonyl (C=O) groups is 4. The number of esters is 4. The monoisotopic (exact) mass is 438 g/mol. The molecular formula is C23H34O8. The zero-order valence-electron chi connectivity index (χ0n) is 18.6. The van der Waals surface area contributed by atoms with Gasteiger partial charge in [-0.05, 0) is 25.7 Å². The van der Waals surface area contributed by atoms with Gasteiger partial charge in [0.1, 0.15) is 0 Å². The van der Waals surface area contributed by atoms with Crippen molar-refractivity contribution in [3.8, 4) is 0 Å². The minimum atomic E-state index is -0.488. The lowest BCUT2D eigenvalue weighted by Gasteiger charge is -2.22. The van der Waals surface area contributed by atoms with Crippen molar-refractivity contribution in [1.29, 1.82) is 0 Å². The molecule has 0 saturated heterocycles. The molecule has 0 fully saturated rings. The fraction of sp³-hybridized carbons (Fsp3) is 0.478. The number of hydrogen-bond donors (Lipinski definition) is 0. The van der Waals surface area contributed by atoms with Crippen LogP contribution >= 0.6 is 0 Å². The van der Waals surface area contributed by atoms with Crippen LogP contribution in [0.2, 0.25) is 0 Å². The van der Waals surface area contributed by atoms with Gasteiger partial charge in [-0.2, -0.15) is 0 Å². The van der Waals surface area contributed by atoms with Gasteiger partial charge in [-0.1, -0.05) is 40.2 Å². The Bertz CT molecular complexity index is 567. The van der Waals surface area contributed by atoms with Crippen LogP contribution in [0.4, 0.5) is 0 Å². The van der Waals surface area contributed by atoms with Crippen LogP contribution in [0.25, 0.3) is 0 Å². The number of unbranched alkanes of at least 4 members (excludes halogenated alkanes) is 3. The van der Waals surface area contributed by atoms with Crippen LogP contribution in [-0.4, -0.2) is 50.3 Å². The SMILES string of the molecule is C=CC(=O)OCC(C)(C)COC(=O)C=C.C=CC(=O)OCCCCCCOC(=O)C=C. The molecule has 0 aromatic rings. The Balaban J connectivity index is 0. The smallest absolute Gasteiger partial charge is 0.330 e. The summed E-state index contributed by atoms with van der Waals surface area (Å²) < 4.78 is 19.3. The highest BCUT2D eigenvalue weighted by molar-refractivity contribution is 5.82. The molecule has 174 valence electrons. The van der Waals surface area contributed by atoms with E-state index < -0.39 is 17.4 Å². The predicted octanol–water partition coefficient (Wildman–Crippen LogP) is 3.48. The lowest BCUT2D eigenvalue weighted by atomic mass is 9.96. The Kier molecular flexibility index (Phi) is 18.3. The Labute approximate surface area is 184 Å². The summed E-state index contributed by atoms with van der Waals surface area (Å²) >= 11 is 0. The molecule has 31 heavy (non-hydrogen) atoms. The first kappa shape index (κ1) is 30.0. The molecule has 8 nitrogen and oxygen atoms in total. The number of rotatable bonds is 15. The third-order valence-electron chi connectivity index (χ3n) is 3.40. The number of carbonyl (C=O) groups excluding carboxylic acids is 4. The third kappa shape index (κ3) is 21.4. The summed E-state index contributed by atoms with van der Waals surface area (Å²) in [7, 11) is 0. The minimum absolute atomic E-state index is 0.169. The standard InChI is InChI=1S/C12H18O4.C11H16O4/c1-3-11(13)15-9-7-5-6-8-10-16-12(14)4-2;1-5-9(12)14-7-11(3,4)8-15-10(13)6-2/h3-4H,1-2,5-10H2;5-6H,1-2,7-8H2,3-4H3. The van der Waals surface area contributed by atoms with Crippen molar-refractivity contribution in [2.45, 2.75) is 39.5 Å². The van der Waals surface area contributed by atoms with Crippen molar-refractivity contribution in [1.82, 2.24) is 0 Å². The molecule has 0 aromatic carbocycles. The number of hydrogen-bond acceptors (Lipinski definition) is 8. The molecule has 0 radical (unpaired) electrons. The van der Waals surface area contributed by atoms with E-state index in [2.05, 4.69) is 26.3 Å². The van der Waals surface area contributed by atoms with Crippen LogP contribution in [0.5, 0.6) is 0 Å². The van der Waals surface area contributed by atoms with E-state index in [9.17, 15) is 19.2 Å². The molecule has 0 aromatic heterocycles. The number of ether oxygens (including phenoxy) is 4. The van der Waals surface area contributed by atoms with Crippen molar-refractivity contribution in [3.05, 3.63) is 50.6 Å². The van der Waals surface area contributed by atoms with E-state index in [1.54, 1.807) is 0 Å². The van der Waals surface area contributed by atoms with Crippen LogP contribution in [-0.2, 0) is 38.1 Å². The summed E-state index contributed by atoms with van der Waals surface area (Å²) in [4.78, 5) is 42.9. The summed E-state index contributed by atoms with van der Waals surface area (Å²) in [5.41, 5.74) is -0.419. The highest BCUT2D eigenvalue weighted by Crippen LogP contribution is 2.16. The average molecular weight is 439 g/mol. The molecule has 0 aliphatic heterocycles. The molecule has 0 unspecified atom stereocenters. The Morgan fingerprint density at radius 1 is 0.581 bits per heavy atom. The van der Waals surface area contributed by atoms with Gasteiger partial charge >= 0.3 is 23.9 Å². The first-order valence-electron chi connectivity index (χ1n) is 9.78. The molecule has 0 amide bonds.